The molecule has 5 heteroatoms. The molecule has 0 saturated carbocycles. The molecule has 0 radical (unpaired) electrons. The first kappa shape index (κ1) is 15.0. The van der Waals surface area contributed by atoms with Crippen LogP contribution in [0.25, 0.3) is 0 Å². The van der Waals surface area contributed by atoms with Crippen molar-refractivity contribution in [1.29, 1.82) is 0 Å². The molecule has 112 valence electrons. The topological polar surface area (TPSA) is 24.5 Å². The maximum atomic E-state index is 12.3. The van der Waals surface area contributed by atoms with Crippen molar-refractivity contribution in [3.63, 3.8) is 0 Å². The standard InChI is InChI=1S/C15H22F2N2O/c1-11-6-12(18-8-15(16)17)10-19(9-11)13-4-3-5-14(7-13)20-2/h3-5,7,11-12,15,18H,6,8-10H2,1-2H3. The molecule has 1 aliphatic rings. The maximum Gasteiger partial charge on any atom is 0.250 e. The number of piperidine rings is 1. The summed E-state index contributed by atoms with van der Waals surface area (Å²) >= 11 is 0. The molecular formula is C15H22F2N2O. The number of hydrogen-bond donors (Lipinski definition) is 1. The Morgan fingerprint density at radius 1 is 1.40 bits per heavy atom. The Morgan fingerprint density at radius 3 is 2.90 bits per heavy atom. The molecular weight excluding hydrogens is 262 g/mol. The van der Waals surface area contributed by atoms with Crippen LogP contribution in [0.4, 0.5) is 14.5 Å². The molecule has 1 aromatic carbocycles. The lowest BCUT2D eigenvalue weighted by atomic mass is 9.95. The molecule has 2 unspecified atom stereocenters. The van der Waals surface area contributed by atoms with Crippen molar-refractivity contribution in [2.75, 3.05) is 31.6 Å². The van der Waals surface area contributed by atoms with E-state index in [1.165, 1.54) is 0 Å². The van der Waals surface area contributed by atoms with Gasteiger partial charge in [0.05, 0.1) is 13.7 Å². The summed E-state index contributed by atoms with van der Waals surface area (Å²) < 4.78 is 29.9. The van der Waals surface area contributed by atoms with Crippen LogP contribution in [-0.4, -0.2) is 39.2 Å². The van der Waals surface area contributed by atoms with Gasteiger partial charge >= 0.3 is 0 Å². The van der Waals surface area contributed by atoms with Crippen molar-refractivity contribution in [2.24, 2.45) is 5.92 Å². The molecule has 3 nitrogen and oxygen atoms in total. The number of rotatable bonds is 5. The summed E-state index contributed by atoms with van der Waals surface area (Å²) in [5.74, 6) is 1.29. The molecule has 0 amide bonds. The number of nitrogens with zero attached hydrogens (tertiary/aromatic N) is 1. The summed E-state index contributed by atoms with van der Waals surface area (Å²) in [6, 6.07) is 7.99. The minimum atomic E-state index is -2.29. The summed E-state index contributed by atoms with van der Waals surface area (Å²) in [5.41, 5.74) is 1.08. The quantitative estimate of drug-likeness (QED) is 0.900. The fourth-order valence-corrected chi connectivity index (χ4v) is 2.77. The van der Waals surface area contributed by atoms with Crippen LogP contribution in [0.15, 0.2) is 24.3 Å². The van der Waals surface area contributed by atoms with Gasteiger partial charge in [0, 0.05) is 30.9 Å². The molecule has 1 heterocycles. The zero-order valence-electron chi connectivity index (χ0n) is 12.0. The van der Waals surface area contributed by atoms with Crippen molar-refractivity contribution >= 4 is 5.69 Å². The minimum absolute atomic E-state index is 0.110. The van der Waals surface area contributed by atoms with Crippen molar-refractivity contribution in [2.45, 2.75) is 25.8 Å². The normalized spacial score (nSPS) is 23.1. The number of halogens is 2. The van der Waals surface area contributed by atoms with Crippen LogP contribution in [0.3, 0.4) is 0 Å². The number of alkyl halides is 2. The lowest BCUT2D eigenvalue weighted by Crippen LogP contribution is -2.49. The van der Waals surface area contributed by atoms with Gasteiger partial charge in [0.1, 0.15) is 5.75 Å². The average molecular weight is 284 g/mol. The van der Waals surface area contributed by atoms with Crippen molar-refractivity contribution < 1.29 is 13.5 Å². The molecule has 0 aliphatic carbocycles. The number of methoxy groups -OCH3 is 1. The number of anilines is 1. The first-order chi connectivity index (χ1) is 9.58. The van der Waals surface area contributed by atoms with Crippen LogP contribution in [0.5, 0.6) is 5.75 Å². The summed E-state index contributed by atoms with van der Waals surface area (Å²) in [4.78, 5) is 2.24. The molecule has 1 aliphatic heterocycles. The molecule has 2 atom stereocenters. The van der Waals surface area contributed by atoms with E-state index in [0.717, 1.165) is 30.9 Å². The van der Waals surface area contributed by atoms with E-state index in [9.17, 15) is 8.78 Å². The fraction of sp³-hybridized carbons (Fsp3) is 0.600. The van der Waals surface area contributed by atoms with E-state index >= 15 is 0 Å². The Hall–Kier alpha value is -1.36. The lowest BCUT2D eigenvalue weighted by molar-refractivity contribution is 0.138. The van der Waals surface area contributed by atoms with Gasteiger partial charge in [-0.25, -0.2) is 8.78 Å². The largest absolute Gasteiger partial charge is 0.497 e. The molecule has 2 rings (SSSR count). The second-order valence-electron chi connectivity index (χ2n) is 5.44. The lowest BCUT2D eigenvalue weighted by Gasteiger charge is -2.38. The van der Waals surface area contributed by atoms with Gasteiger partial charge in [0.15, 0.2) is 0 Å². The van der Waals surface area contributed by atoms with Gasteiger partial charge in [-0.1, -0.05) is 13.0 Å². The predicted molar refractivity (Wildman–Crippen MR) is 76.8 cm³/mol. The van der Waals surface area contributed by atoms with Crippen molar-refractivity contribution in [3.8, 4) is 5.75 Å². The van der Waals surface area contributed by atoms with Crippen LogP contribution in [0.1, 0.15) is 13.3 Å². The first-order valence-corrected chi connectivity index (χ1v) is 6.99. The minimum Gasteiger partial charge on any atom is -0.497 e. The van der Waals surface area contributed by atoms with Crippen LogP contribution in [-0.2, 0) is 0 Å². The van der Waals surface area contributed by atoms with Gasteiger partial charge in [0.2, 0.25) is 0 Å². The van der Waals surface area contributed by atoms with E-state index in [0.29, 0.717) is 5.92 Å². The molecule has 1 N–H and O–H groups in total. The third kappa shape index (κ3) is 4.07. The van der Waals surface area contributed by atoms with Crippen LogP contribution in [0.2, 0.25) is 0 Å². The van der Waals surface area contributed by atoms with Gasteiger partial charge < -0.3 is 15.0 Å². The van der Waals surface area contributed by atoms with Gasteiger partial charge in [-0.3, -0.25) is 0 Å². The Labute approximate surface area is 118 Å². The smallest absolute Gasteiger partial charge is 0.250 e. The highest BCUT2D eigenvalue weighted by atomic mass is 19.3. The number of ether oxygens (including phenoxy) is 1. The molecule has 20 heavy (non-hydrogen) atoms. The van der Waals surface area contributed by atoms with E-state index in [1.807, 2.05) is 24.3 Å². The Morgan fingerprint density at radius 2 is 2.20 bits per heavy atom. The van der Waals surface area contributed by atoms with Crippen LogP contribution in [0, 0.1) is 5.92 Å². The van der Waals surface area contributed by atoms with Gasteiger partial charge in [-0.15, -0.1) is 0 Å². The van der Waals surface area contributed by atoms with E-state index in [1.54, 1.807) is 7.11 Å². The van der Waals surface area contributed by atoms with E-state index in [4.69, 9.17) is 4.74 Å². The zero-order valence-corrected chi connectivity index (χ0v) is 12.0. The van der Waals surface area contributed by atoms with Crippen LogP contribution < -0.4 is 15.0 Å². The van der Waals surface area contributed by atoms with Crippen molar-refractivity contribution in [3.05, 3.63) is 24.3 Å². The summed E-state index contributed by atoms with van der Waals surface area (Å²) in [6.45, 7) is 3.62. The average Bonchev–Trinajstić information content (AvgIpc) is 2.44. The summed E-state index contributed by atoms with van der Waals surface area (Å²) in [5, 5.41) is 2.96. The zero-order chi connectivity index (χ0) is 14.5. The molecule has 0 aromatic heterocycles. The molecule has 1 saturated heterocycles. The predicted octanol–water partition coefficient (Wildman–Crippen LogP) is 2.76. The first-order valence-electron chi connectivity index (χ1n) is 6.99. The van der Waals surface area contributed by atoms with Gasteiger partial charge in [0.25, 0.3) is 6.43 Å². The number of hydrogen-bond acceptors (Lipinski definition) is 3. The second-order valence-corrected chi connectivity index (χ2v) is 5.44. The molecule has 0 spiro atoms. The number of nitrogens with one attached hydrogen (secondary N) is 1. The van der Waals surface area contributed by atoms with Gasteiger partial charge in [-0.05, 0) is 24.5 Å². The maximum absolute atomic E-state index is 12.3. The highest BCUT2D eigenvalue weighted by molar-refractivity contribution is 5.51. The summed E-state index contributed by atoms with van der Waals surface area (Å²) in [6.07, 6.45) is -1.36. The third-order valence-electron chi connectivity index (χ3n) is 3.64. The van der Waals surface area contributed by atoms with E-state index in [2.05, 4.69) is 17.1 Å². The number of benzene rings is 1. The van der Waals surface area contributed by atoms with E-state index < -0.39 is 6.43 Å². The van der Waals surface area contributed by atoms with Crippen molar-refractivity contribution in [1.82, 2.24) is 5.32 Å². The molecule has 1 fully saturated rings. The highest BCUT2D eigenvalue weighted by Gasteiger charge is 2.25. The van der Waals surface area contributed by atoms with E-state index in [-0.39, 0.29) is 12.6 Å². The molecule has 1 aromatic rings. The monoisotopic (exact) mass is 284 g/mol. The Kier molecular flexibility index (Phi) is 5.17. The van der Waals surface area contributed by atoms with Gasteiger partial charge in [-0.2, -0.15) is 0 Å². The third-order valence-corrected chi connectivity index (χ3v) is 3.64. The summed E-state index contributed by atoms with van der Waals surface area (Å²) in [7, 11) is 1.64. The highest BCUT2D eigenvalue weighted by Crippen LogP contribution is 2.26. The Balaban J connectivity index is 2.03. The van der Waals surface area contributed by atoms with Crippen LogP contribution >= 0.6 is 0 Å². The fourth-order valence-electron chi connectivity index (χ4n) is 2.77. The second kappa shape index (κ2) is 6.88. The SMILES string of the molecule is COc1cccc(N2CC(C)CC(NCC(F)F)C2)c1. The molecule has 0 bridgehead atoms. The Bertz CT molecular complexity index is 428.